The van der Waals surface area contributed by atoms with Gasteiger partial charge in [0.05, 0.1) is 12.3 Å². The summed E-state index contributed by atoms with van der Waals surface area (Å²) in [6.07, 6.45) is 7.75. The fraction of sp³-hybridized carbons (Fsp3) is 0.333. The van der Waals surface area contributed by atoms with Gasteiger partial charge >= 0.3 is 5.97 Å². The van der Waals surface area contributed by atoms with Crippen LogP contribution in [0.15, 0.2) is 83.0 Å². The molecule has 0 radical (unpaired) electrons. The minimum absolute atomic E-state index is 0.0981. The van der Waals surface area contributed by atoms with E-state index in [0.29, 0.717) is 18.9 Å². The van der Waals surface area contributed by atoms with Crippen molar-refractivity contribution in [1.82, 2.24) is 9.88 Å². The zero-order valence-corrected chi connectivity index (χ0v) is 22.0. The van der Waals surface area contributed by atoms with Gasteiger partial charge in [-0.3, -0.25) is 4.90 Å². The van der Waals surface area contributed by atoms with Gasteiger partial charge in [0.25, 0.3) is 0 Å². The molecular weight excluding hydrogens is 484 g/mol. The number of carboxylic acids is 1. The molecule has 6 nitrogen and oxygen atoms in total. The monoisotopic (exact) mass is 516 g/mol. The van der Waals surface area contributed by atoms with Crippen LogP contribution < -0.4 is 0 Å². The highest BCUT2D eigenvalue weighted by atomic mass is 32.2. The highest BCUT2D eigenvalue weighted by molar-refractivity contribution is 8.00. The second-order valence-corrected chi connectivity index (χ2v) is 11.1. The summed E-state index contributed by atoms with van der Waals surface area (Å²) in [5.41, 5.74) is 4.10. The Morgan fingerprint density at radius 3 is 2.59 bits per heavy atom. The standard InChI is InChI=1S/C30H32N2O4S/c1-21-26(31-27(36-21)24-10-8-23(9-11-24)22-6-4-3-5-7-22)14-18-35-25-12-15-30(2,16-13-25)20-32-17-19-37-28(32)29(33)34/h3-13,15,28H,14,16-20H2,1-2H3,(H,33,34). The van der Waals surface area contributed by atoms with Crippen molar-refractivity contribution in [2.75, 3.05) is 25.4 Å². The van der Waals surface area contributed by atoms with Crippen molar-refractivity contribution in [3.63, 3.8) is 0 Å². The number of nitrogens with zero attached hydrogens (tertiary/aromatic N) is 2. The van der Waals surface area contributed by atoms with E-state index in [4.69, 9.17) is 14.1 Å². The smallest absolute Gasteiger partial charge is 0.331 e. The lowest BCUT2D eigenvalue weighted by Crippen LogP contribution is -2.41. The van der Waals surface area contributed by atoms with Crippen LogP contribution in [0.25, 0.3) is 22.6 Å². The molecule has 2 heterocycles. The van der Waals surface area contributed by atoms with Gasteiger partial charge in [0.1, 0.15) is 11.5 Å². The molecule has 3 aromatic rings. The number of ether oxygens (including phenoxy) is 1. The van der Waals surface area contributed by atoms with Crippen LogP contribution in [0.5, 0.6) is 0 Å². The third-order valence-corrected chi connectivity index (χ3v) is 8.15. The molecule has 0 saturated carbocycles. The van der Waals surface area contributed by atoms with Crippen LogP contribution in [0.2, 0.25) is 0 Å². The highest BCUT2D eigenvalue weighted by Crippen LogP contribution is 2.35. The zero-order chi connectivity index (χ0) is 25.8. The third-order valence-electron chi connectivity index (χ3n) is 6.92. The quantitative estimate of drug-likeness (QED) is 0.364. The molecule has 1 saturated heterocycles. The summed E-state index contributed by atoms with van der Waals surface area (Å²) in [6.45, 7) is 6.16. The van der Waals surface area contributed by atoms with E-state index in [2.05, 4.69) is 48.2 Å². The number of carboxylic acid groups (broad SMARTS) is 1. The Labute approximate surface area is 222 Å². The number of carbonyl (C=O) groups is 1. The topological polar surface area (TPSA) is 75.8 Å². The van der Waals surface area contributed by atoms with Crippen LogP contribution >= 0.6 is 11.8 Å². The minimum atomic E-state index is -0.749. The first-order valence-corrected chi connectivity index (χ1v) is 13.7. The molecule has 5 rings (SSSR count). The van der Waals surface area contributed by atoms with E-state index in [1.807, 2.05) is 43.3 Å². The van der Waals surface area contributed by atoms with E-state index < -0.39 is 11.3 Å². The van der Waals surface area contributed by atoms with E-state index in [9.17, 15) is 9.90 Å². The van der Waals surface area contributed by atoms with Crippen molar-refractivity contribution in [1.29, 1.82) is 0 Å². The van der Waals surface area contributed by atoms with E-state index in [1.165, 1.54) is 17.3 Å². The second-order valence-electron chi connectivity index (χ2n) is 9.89. The Hall–Kier alpha value is -3.29. The molecule has 2 aromatic carbocycles. The summed E-state index contributed by atoms with van der Waals surface area (Å²) < 4.78 is 12.0. The van der Waals surface area contributed by atoms with Crippen molar-refractivity contribution < 1.29 is 19.1 Å². The number of oxazole rings is 1. The molecule has 1 aromatic heterocycles. The first kappa shape index (κ1) is 25.4. The summed E-state index contributed by atoms with van der Waals surface area (Å²) >= 11 is 1.50. The number of hydrogen-bond donors (Lipinski definition) is 1. The van der Waals surface area contributed by atoms with Gasteiger partial charge in [-0.25, -0.2) is 9.78 Å². The lowest BCUT2D eigenvalue weighted by Gasteiger charge is -2.33. The van der Waals surface area contributed by atoms with Crippen LogP contribution in [0.4, 0.5) is 0 Å². The lowest BCUT2D eigenvalue weighted by molar-refractivity contribution is -0.139. The summed E-state index contributed by atoms with van der Waals surface area (Å²) in [5.74, 6) is 2.40. The van der Waals surface area contributed by atoms with E-state index in [0.717, 1.165) is 53.6 Å². The van der Waals surface area contributed by atoms with Crippen molar-refractivity contribution in [3.05, 3.63) is 90.0 Å². The average Bonchev–Trinajstić information content (AvgIpc) is 3.52. The van der Waals surface area contributed by atoms with Gasteiger partial charge in [-0.05, 0) is 48.8 Å². The summed E-state index contributed by atoms with van der Waals surface area (Å²) in [6, 6.07) is 18.6. The number of benzene rings is 2. The van der Waals surface area contributed by atoms with Crippen molar-refractivity contribution in [2.24, 2.45) is 5.41 Å². The van der Waals surface area contributed by atoms with E-state index in [-0.39, 0.29) is 5.41 Å². The van der Waals surface area contributed by atoms with Gasteiger partial charge in [0.2, 0.25) is 5.89 Å². The van der Waals surface area contributed by atoms with Crippen molar-refractivity contribution >= 4 is 17.7 Å². The highest BCUT2D eigenvalue weighted by Gasteiger charge is 2.36. The Morgan fingerprint density at radius 1 is 1.16 bits per heavy atom. The lowest BCUT2D eigenvalue weighted by atomic mass is 9.83. The second kappa shape index (κ2) is 11.0. The molecule has 192 valence electrons. The Bertz CT molecular complexity index is 1300. The number of aryl methyl sites for hydroxylation is 1. The Morgan fingerprint density at radius 2 is 1.89 bits per heavy atom. The van der Waals surface area contributed by atoms with E-state index in [1.54, 1.807) is 0 Å². The first-order chi connectivity index (χ1) is 17.9. The maximum Gasteiger partial charge on any atom is 0.331 e. The largest absolute Gasteiger partial charge is 0.494 e. The zero-order valence-electron chi connectivity index (χ0n) is 21.2. The third kappa shape index (κ3) is 6.00. The molecule has 0 bridgehead atoms. The number of allylic oxidation sites excluding steroid dienone is 2. The fourth-order valence-electron chi connectivity index (χ4n) is 4.82. The van der Waals surface area contributed by atoms with E-state index >= 15 is 0 Å². The number of rotatable bonds is 9. The molecule has 1 aliphatic carbocycles. The number of aromatic nitrogens is 1. The first-order valence-electron chi connectivity index (χ1n) is 12.6. The SMILES string of the molecule is Cc1oc(-c2ccc(-c3ccccc3)cc2)nc1CCOC1=CCC(C)(CN2CCSC2C(=O)O)C=C1. The molecule has 0 spiro atoms. The average molecular weight is 517 g/mol. The van der Waals surface area contributed by atoms with Crippen LogP contribution in [0.1, 0.15) is 24.8 Å². The van der Waals surface area contributed by atoms with Gasteiger partial charge in [-0.2, -0.15) is 0 Å². The van der Waals surface area contributed by atoms with Gasteiger partial charge in [-0.15, -0.1) is 11.8 Å². The molecule has 1 N–H and O–H groups in total. The van der Waals surface area contributed by atoms with Crippen LogP contribution in [-0.2, 0) is 16.0 Å². The predicted molar refractivity (Wildman–Crippen MR) is 147 cm³/mol. The Kier molecular flexibility index (Phi) is 7.53. The minimum Gasteiger partial charge on any atom is -0.494 e. The van der Waals surface area contributed by atoms with Gasteiger partial charge in [0.15, 0.2) is 5.37 Å². The molecule has 2 aliphatic rings. The molecule has 37 heavy (non-hydrogen) atoms. The van der Waals surface area contributed by atoms with Crippen LogP contribution in [0.3, 0.4) is 0 Å². The normalized spacial score (nSPS) is 21.7. The Balaban J connectivity index is 1.14. The molecule has 0 amide bonds. The number of hydrogen-bond acceptors (Lipinski definition) is 6. The predicted octanol–water partition coefficient (Wildman–Crippen LogP) is 6.19. The molecule has 2 unspecified atom stereocenters. The maximum absolute atomic E-state index is 11.5. The molecule has 1 aliphatic heterocycles. The van der Waals surface area contributed by atoms with Crippen molar-refractivity contribution in [3.8, 4) is 22.6 Å². The molecule has 7 heteroatoms. The van der Waals surface area contributed by atoms with Gasteiger partial charge in [-0.1, -0.05) is 55.5 Å². The number of aliphatic carboxylic acids is 1. The molecule has 1 fully saturated rings. The van der Waals surface area contributed by atoms with Crippen LogP contribution in [0, 0.1) is 12.3 Å². The molecular formula is C30H32N2O4S. The van der Waals surface area contributed by atoms with Gasteiger partial charge < -0.3 is 14.3 Å². The van der Waals surface area contributed by atoms with Crippen LogP contribution in [-0.4, -0.2) is 51.8 Å². The summed E-state index contributed by atoms with van der Waals surface area (Å²) in [5, 5.41) is 9.01. The summed E-state index contributed by atoms with van der Waals surface area (Å²) in [4.78, 5) is 18.3. The number of thioether (sulfide) groups is 1. The fourth-order valence-corrected chi connectivity index (χ4v) is 5.92. The maximum atomic E-state index is 11.5. The van der Waals surface area contributed by atoms with Crippen molar-refractivity contribution in [2.45, 2.75) is 32.1 Å². The molecule has 2 atom stereocenters. The summed E-state index contributed by atoms with van der Waals surface area (Å²) in [7, 11) is 0. The van der Waals surface area contributed by atoms with Gasteiger partial charge in [0, 0.05) is 36.2 Å².